The second kappa shape index (κ2) is 14.5. The Labute approximate surface area is 228 Å². The summed E-state index contributed by atoms with van der Waals surface area (Å²) in [6, 6.07) is 20.6. The number of rotatable bonds is 14. The van der Waals surface area contributed by atoms with Crippen molar-refractivity contribution in [2.75, 3.05) is 13.9 Å². The lowest BCUT2D eigenvalue weighted by Crippen LogP contribution is -2.37. The molecule has 3 aromatic rings. The van der Waals surface area contributed by atoms with Crippen molar-refractivity contribution in [2.45, 2.75) is 45.8 Å². The standard InChI is InChI=1S/C30H33NO8/c1-20(17-25(33)28-29(37-19-36-22(3)32)26(35-4)15-16-31-28)30(34)38-21(2)27(18-23-11-7-5-8-12-23)39-24-13-9-6-10-14-24/h5-16,20-21,27H,17-19H2,1-4H3/t20-,21+,27-/m1/s1. The lowest BCUT2D eigenvalue weighted by Gasteiger charge is -2.26. The van der Waals surface area contributed by atoms with Crippen LogP contribution < -0.4 is 14.2 Å². The number of hydrogen-bond donors (Lipinski definition) is 0. The topological polar surface area (TPSA) is 110 Å². The summed E-state index contributed by atoms with van der Waals surface area (Å²) in [5.41, 5.74) is 0.999. The van der Waals surface area contributed by atoms with Gasteiger partial charge in [0.1, 0.15) is 18.0 Å². The second-order valence-electron chi connectivity index (χ2n) is 8.92. The van der Waals surface area contributed by atoms with E-state index < -0.39 is 42.6 Å². The summed E-state index contributed by atoms with van der Waals surface area (Å²) in [5, 5.41) is 0. The highest BCUT2D eigenvalue weighted by Crippen LogP contribution is 2.31. The van der Waals surface area contributed by atoms with E-state index in [4.69, 9.17) is 23.7 Å². The molecule has 3 rings (SSSR count). The Morgan fingerprint density at radius 2 is 1.59 bits per heavy atom. The molecule has 1 heterocycles. The fraction of sp³-hybridized carbons (Fsp3) is 0.333. The zero-order chi connectivity index (χ0) is 28.2. The van der Waals surface area contributed by atoms with Crippen molar-refractivity contribution in [1.82, 2.24) is 4.98 Å². The maximum absolute atomic E-state index is 13.1. The third kappa shape index (κ3) is 8.84. The lowest BCUT2D eigenvalue weighted by atomic mass is 10.0. The molecule has 0 saturated heterocycles. The molecule has 0 N–H and O–H groups in total. The number of carbonyl (C=O) groups is 3. The molecule has 0 aliphatic heterocycles. The molecule has 39 heavy (non-hydrogen) atoms. The molecule has 0 saturated carbocycles. The zero-order valence-corrected chi connectivity index (χ0v) is 22.5. The molecule has 0 fully saturated rings. The van der Waals surface area contributed by atoms with Crippen LogP contribution in [0.25, 0.3) is 0 Å². The van der Waals surface area contributed by atoms with E-state index in [0.717, 1.165) is 5.56 Å². The predicted octanol–water partition coefficient (Wildman–Crippen LogP) is 4.82. The number of aromatic nitrogens is 1. The van der Waals surface area contributed by atoms with Crippen molar-refractivity contribution in [3.63, 3.8) is 0 Å². The van der Waals surface area contributed by atoms with E-state index in [1.807, 2.05) is 60.7 Å². The number of Topliss-reactive ketones (excluding diaryl/α,β-unsaturated/α-hetero) is 1. The summed E-state index contributed by atoms with van der Waals surface area (Å²) >= 11 is 0. The van der Waals surface area contributed by atoms with E-state index in [2.05, 4.69) is 4.98 Å². The van der Waals surface area contributed by atoms with Gasteiger partial charge in [0, 0.05) is 32.0 Å². The van der Waals surface area contributed by atoms with Crippen LogP contribution >= 0.6 is 0 Å². The van der Waals surface area contributed by atoms with Crippen molar-refractivity contribution in [1.29, 1.82) is 0 Å². The summed E-state index contributed by atoms with van der Waals surface area (Å²) in [4.78, 5) is 41.3. The molecule has 0 aliphatic rings. The number of carbonyl (C=O) groups excluding carboxylic acids is 3. The number of ether oxygens (including phenoxy) is 5. The first-order chi connectivity index (χ1) is 18.8. The number of esters is 2. The highest BCUT2D eigenvalue weighted by molar-refractivity contribution is 5.99. The molecular formula is C30H33NO8. The van der Waals surface area contributed by atoms with Crippen LogP contribution in [0.2, 0.25) is 0 Å². The molecule has 0 spiro atoms. The first kappa shape index (κ1) is 29.2. The third-order valence-corrected chi connectivity index (χ3v) is 5.85. The second-order valence-corrected chi connectivity index (χ2v) is 8.92. The van der Waals surface area contributed by atoms with Gasteiger partial charge in [0.2, 0.25) is 6.79 Å². The largest absolute Gasteiger partial charge is 0.493 e. The Hall–Kier alpha value is -4.40. The quantitative estimate of drug-likeness (QED) is 0.163. The van der Waals surface area contributed by atoms with Gasteiger partial charge in [0.05, 0.1) is 13.0 Å². The molecule has 3 atom stereocenters. The Kier molecular flexibility index (Phi) is 10.9. The van der Waals surface area contributed by atoms with Crippen LogP contribution in [0.15, 0.2) is 72.9 Å². The minimum atomic E-state index is -0.775. The highest BCUT2D eigenvalue weighted by Gasteiger charge is 2.29. The zero-order valence-electron chi connectivity index (χ0n) is 22.5. The Balaban J connectivity index is 1.68. The van der Waals surface area contributed by atoms with E-state index in [1.165, 1.54) is 26.3 Å². The van der Waals surface area contributed by atoms with E-state index in [1.54, 1.807) is 13.8 Å². The Bertz CT molecular complexity index is 1190. The maximum atomic E-state index is 13.1. The van der Waals surface area contributed by atoms with Crippen LogP contribution in [0.1, 0.15) is 43.2 Å². The molecule has 0 amide bonds. The van der Waals surface area contributed by atoms with Gasteiger partial charge in [0.15, 0.2) is 23.0 Å². The number of pyridine rings is 1. The number of methoxy groups -OCH3 is 1. The van der Waals surface area contributed by atoms with Crippen LogP contribution in [0, 0.1) is 5.92 Å². The highest BCUT2D eigenvalue weighted by atomic mass is 16.7. The average Bonchev–Trinajstić information content (AvgIpc) is 2.93. The number of para-hydroxylation sites is 1. The first-order valence-electron chi connectivity index (χ1n) is 12.6. The minimum absolute atomic E-state index is 0.0272. The Morgan fingerprint density at radius 1 is 0.923 bits per heavy atom. The molecule has 0 unspecified atom stereocenters. The van der Waals surface area contributed by atoms with Crippen LogP contribution in [0.4, 0.5) is 0 Å². The van der Waals surface area contributed by atoms with Gasteiger partial charge in [-0.3, -0.25) is 14.4 Å². The summed E-state index contributed by atoms with van der Waals surface area (Å²) in [6.45, 7) is 4.20. The SMILES string of the molecule is COc1ccnc(C(=O)C[C@@H](C)C(=O)O[C@@H](C)[C@@H](Cc2ccccc2)Oc2ccccc2)c1OCOC(C)=O. The fourth-order valence-electron chi connectivity index (χ4n) is 3.76. The van der Waals surface area contributed by atoms with E-state index in [9.17, 15) is 14.4 Å². The van der Waals surface area contributed by atoms with Crippen molar-refractivity contribution >= 4 is 17.7 Å². The van der Waals surface area contributed by atoms with Crippen molar-refractivity contribution in [2.24, 2.45) is 5.92 Å². The number of ketones is 1. The molecule has 206 valence electrons. The van der Waals surface area contributed by atoms with Crippen LogP contribution in [0.3, 0.4) is 0 Å². The summed E-state index contributed by atoms with van der Waals surface area (Å²) in [6.07, 6.45) is 0.675. The third-order valence-electron chi connectivity index (χ3n) is 5.85. The van der Waals surface area contributed by atoms with Gasteiger partial charge < -0.3 is 23.7 Å². The predicted molar refractivity (Wildman–Crippen MR) is 143 cm³/mol. The molecule has 0 aliphatic carbocycles. The van der Waals surface area contributed by atoms with E-state index in [0.29, 0.717) is 12.2 Å². The molecular weight excluding hydrogens is 502 g/mol. The Morgan fingerprint density at radius 3 is 2.23 bits per heavy atom. The average molecular weight is 536 g/mol. The normalized spacial score (nSPS) is 12.9. The monoisotopic (exact) mass is 535 g/mol. The molecule has 1 aromatic heterocycles. The van der Waals surface area contributed by atoms with E-state index >= 15 is 0 Å². The van der Waals surface area contributed by atoms with Gasteiger partial charge in [-0.15, -0.1) is 0 Å². The number of benzene rings is 2. The fourth-order valence-corrected chi connectivity index (χ4v) is 3.76. The molecule has 0 bridgehead atoms. The van der Waals surface area contributed by atoms with Crippen LogP contribution in [-0.2, 0) is 25.5 Å². The van der Waals surface area contributed by atoms with Crippen molar-refractivity contribution in [3.8, 4) is 17.2 Å². The van der Waals surface area contributed by atoms with Crippen LogP contribution in [0.5, 0.6) is 17.2 Å². The van der Waals surface area contributed by atoms with Gasteiger partial charge in [-0.2, -0.15) is 0 Å². The van der Waals surface area contributed by atoms with Gasteiger partial charge in [0.25, 0.3) is 0 Å². The number of hydrogen-bond acceptors (Lipinski definition) is 9. The van der Waals surface area contributed by atoms with E-state index in [-0.39, 0.29) is 23.6 Å². The lowest BCUT2D eigenvalue weighted by molar-refractivity contribution is -0.157. The first-order valence-corrected chi connectivity index (χ1v) is 12.6. The molecule has 0 radical (unpaired) electrons. The maximum Gasteiger partial charge on any atom is 0.309 e. The molecule has 9 nitrogen and oxygen atoms in total. The summed E-state index contributed by atoms with van der Waals surface area (Å²) in [5.74, 6) is -1.39. The molecule has 2 aromatic carbocycles. The summed E-state index contributed by atoms with van der Waals surface area (Å²) in [7, 11) is 1.41. The van der Waals surface area contributed by atoms with Crippen LogP contribution in [-0.4, -0.2) is 48.8 Å². The minimum Gasteiger partial charge on any atom is -0.493 e. The molecule has 9 heteroatoms. The van der Waals surface area contributed by atoms with Gasteiger partial charge in [-0.1, -0.05) is 55.5 Å². The van der Waals surface area contributed by atoms with Gasteiger partial charge in [-0.25, -0.2) is 4.98 Å². The van der Waals surface area contributed by atoms with Gasteiger partial charge in [-0.05, 0) is 24.6 Å². The van der Waals surface area contributed by atoms with Crippen molar-refractivity contribution < 1.29 is 38.1 Å². The summed E-state index contributed by atoms with van der Waals surface area (Å²) < 4.78 is 27.5. The number of nitrogens with zero attached hydrogens (tertiary/aromatic N) is 1. The van der Waals surface area contributed by atoms with Gasteiger partial charge >= 0.3 is 11.9 Å². The van der Waals surface area contributed by atoms with Crippen molar-refractivity contribution in [3.05, 3.63) is 84.2 Å². The smallest absolute Gasteiger partial charge is 0.309 e.